The molecule has 0 saturated carbocycles. The van der Waals surface area contributed by atoms with E-state index in [2.05, 4.69) is 36.4 Å². The number of carbonyl (C=O) groups excluding carboxylic acids is 1. The molecule has 0 radical (unpaired) electrons. The van der Waals surface area contributed by atoms with Gasteiger partial charge in [-0.25, -0.2) is 10.4 Å². The van der Waals surface area contributed by atoms with Gasteiger partial charge in [0, 0.05) is 10.0 Å². The van der Waals surface area contributed by atoms with Gasteiger partial charge in [0.2, 0.25) is 0 Å². The van der Waals surface area contributed by atoms with Crippen molar-refractivity contribution in [1.29, 1.82) is 0 Å². The first-order valence-electron chi connectivity index (χ1n) is 9.33. The van der Waals surface area contributed by atoms with Crippen molar-refractivity contribution in [3.8, 4) is 5.75 Å². The minimum absolute atomic E-state index is 0.295. The molecule has 1 aromatic heterocycles. The quantitative estimate of drug-likeness (QED) is 0.321. The predicted octanol–water partition coefficient (Wildman–Crippen LogP) is 4.71. The molecule has 7 heteroatoms. The summed E-state index contributed by atoms with van der Waals surface area (Å²) in [5, 5.41) is 4.42. The zero-order chi connectivity index (χ0) is 20.9. The molecule has 0 atom stereocenters. The lowest BCUT2D eigenvalue weighted by Gasteiger charge is -2.07. The van der Waals surface area contributed by atoms with Crippen LogP contribution in [0.25, 0.3) is 11.0 Å². The molecule has 0 saturated heterocycles. The van der Waals surface area contributed by atoms with E-state index in [1.165, 1.54) is 0 Å². The minimum atomic E-state index is -0.295. The SMILES string of the molecule is COc1ccc(C(=O)N/N=C(\Cc2nc3ccccc3[nH]2)c2ccc(Br)cc2)cc1. The summed E-state index contributed by atoms with van der Waals surface area (Å²) < 4.78 is 6.10. The monoisotopic (exact) mass is 462 g/mol. The molecule has 1 heterocycles. The van der Waals surface area contributed by atoms with E-state index in [-0.39, 0.29) is 5.91 Å². The number of imidazole rings is 1. The van der Waals surface area contributed by atoms with E-state index in [0.717, 1.165) is 26.9 Å². The van der Waals surface area contributed by atoms with Crippen LogP contribution in [0, 0.1) is 0 Å². The smallest absolute Gasteiger partial charge is 0.271 e. The fraction of sp³-hybridized carbons (Fsp3) is 0.0870. The molecule has 2 N–H and O–H groups in total. The van der Waals surface area contributed by atoms with Crippen LogP contribution in [0.3, 0.4) is 0 Å². The molecule has 0 aliphatic rings. The Kier molecular flexibility index (Phi) is 5.90. The van der Waals surface area contributed by atoms with E-state index >= 15 is 0 Å². The number of aromatic amines is 1. The van der Waals surface area contributed by atoms with Crippen LogP contribution in [0.5, 0.6) is 5.75 Å². The van der Waals surface area contributed by atoms with Gasteiger partial charge in [0.25, 0.3) is 5.91 Å². The van der Waals surface area contributed by atoms with Crippen molar-refractivity contribution in [3.63, 3.8) is 0 Å². The Morgan fingerprint density at radius 2 is 1.73 bits per heavy atom. The Morgan fingerprint density at radius 1 is 1.03 bits per heavy atom. The van der Waals surface area contributed by atoms with Crippen molar-refractivity contribution in [2.45, 2.75) is 6.42 Å². The number of nitrogens with one attached hydrogen (secondary N) is 2. The van der Waals surface area contributed by atoms with Crippen LogP contribution in [0.15, 0.2) is 82.4 Å². The first kappa shape index (κ1) is 19.8. The maximum absolute atomic E-state index is 12.5. The summed E-state index contributed by atoms with van der Waals surface area (Å²) in [7, 11) is 1.59. The number of para-hydroxylation sites is 2. The molecule has 0 aliphatic carbocycles. The molecule has 6 nitrogen and oxygen atoms in total. The molecule has 0 aliphatic heterocycles. The zero-order valence-electron chi connectivity index (χ0n) is 16.2. The number of ether oxygens (including phenoxy) is 1. The maximum atomic E-state index is 12.5. The number of amides is 1. The second-order valence-electron chi connectivity index (χ2n) is 6.61. The number of carbonyl (C=O) groups is 1. The highest BCUT2D eigenvalue weighted by atomic mass is 79.9. The molecule has 0 unspecified atom stereocenters. The van der Waals surface area contributed by atoms with Crippen molar-refractivity contribution in [2.24, 2.45) is 5.10 Å². The molecule has 0 fully saturated rings. The third-order valence-electron chi connectivity index (χ3n) is 4.60. The van der Waals surface area contributed by atoms with E-state index < -0.39 is 0 Å². The lowest BCUT2D eigenvalue weighted by molar-refractivity contribution is 0.0954. The topological polar surface area (TPSA) is 79.4 Å². The van der Waals surface area contributed by atoms with Crippen molar-refractivity contribution < 1.29 is 9.53 Å². The zero-order valence-corrected chi connectivity index (χ0v) is 17.8. The summed E-state index contributed by atoms with van der Waals surface area (Å²) in [6.07, 6.45) is 0.444. The lowest BCUT2D eigenvalue weighted by atomic mass is 10.1. The number of methoxy groups -OCH3 is 1. The lowest BCUT2D eigenvalue weighted by Crippen LogP contribution is -2.21. The average Bonchev–Trinajstić information content (AvgIpc) is 3.19. The Morgan fingerprint density at radius 3 is 2.43 bits per heavy atom. The van der Waals surface area contributed by atoms with Crippen LogP contribution in [-0.2, 0) is 6.42 Å². The van der Waals surface area contributed by atoms with Crippen molar-refractivity contribution in [3.05, 3.63) is 94.2 Å². The Balaban J connectivity index is 1.60. The number of hydrogen-bond acceptors (Lipinski definition) is 4. The fourth-order valence-corrected chi connectivity index (χ4v) is 3.29. The summed E-state index contributed by atoms with van der Waals surface area (Å²) in [5.41, 5.74) is 6.61. The van der Waals surface area contributed by atoms with Crippen LogP contribution in [0.2, 0.25) is 0 Å². The largest absolute Gasteiger partial charge is 0.497 e. The van der Waals surface area contributed by atoms with Crippen molar-refractivity contribution in [2.75, 3.05) is 7.11 Å². The number of fused-ring (bicyclic) bond motifs is 1. The second-order valence-corrected chi connectivity index (χ2v) is 7.53. The first-order chi connectivity index (χ1) is 14.6. The summed E-state index contributed by atoms with van der Waals surface area (Å²) in [6, 6.07) is 22.5. The Labute approximate surface area is 182 Å². The average molecular weight is 463 g/mol. The Bertz CT molecular complexity index is 1170. The van der Waals surface area contributed by atoms with E-state index in [1.807, 2.05) is 48.5 Å². The van der Waals surface area contributed by atoms with Crippen LogP contribution in [0.1, 0.15) is 21.7 Å². The minimum Gasteiger partial charge on any atom is -0.497 e. The number of halogens is 1. The van der Waals surface area contributed by atoms with Gasteiger partial charge in [-0.2, -0.15) is 5.10 Å². The Hall–Kier alpha value is -3.45. The number of rotatable bonds is 6. The third-order valence-corrected chi connectivity index (χ3v) is 5.12. The highest BCUT2D eigenvalue weighted by molar-refractivity contribution is 9.10. The van der Waals surface area contributed by atoms with Gasteiger partial charge in [0.05, 0.1) is 30.3 Å². The molecule has 30 heavy (non-hydrogen) atoms. The van der Waals surface area contributed by atoms with E-state index in [0.29, 0.717) is 23.4 Å². The van der Waals surface area contributed by atoms with Gasteiger partial charge in [-0.1, -0.05) is 40.2 Å². The molecule has 3 aromatic carbocycles. The number of benzene rings is 3. The molecule has 150 valence electrons. The van der Waals surface area contributed by atoms with E-state index in [4.69, 9.17) is 4.74 Å². The standard InChI is InChI=1S/C23H19BrN4O2/c1-30-18-12-8-16(9-13-18)23(29)28-27-21(15-6-10-17(24)11-7-15)14-22-25-19-4-2-3-5-20(19)26-22/h2-13H,14H2,1H3,(H,25,26)(H,28,29)/b27-21+. The van der Waals surface area contributed by atoms with E-state index in [9.17, 15) is 4.79 Å². The van der Waals surface area contributed by atoms with Crippen molar-refractivity contribution in [1.82, 2.24) is 15.4 Å². The van der Waals surface area contributed by atoms with Gasteiger partial charge >= 0.3 is 0 Å². The third kappa shape index (κ3) is 4.58. The molecule has 1 amide bonds. The van der Waals surface area contributed by atoms with Crippen molar-refractivity contribution >= 4 is 38.6 Å². The van der Waals surface area contributed by atoms with Crippen LogP contribution >= 0.6 is 15.9 Å². The molecular weight excluding hydrogens is 444 g/mol. The van der Waals surface area contributed by atoms with Gasteiger partial charge in [0.15, 0.2) is 0 Å². The normalized spacial score (nSPS) is 11.5. The second kappa shape index (κ2) is 8.92. The predicted molar refractivity (Wildman–Crippen MR) is 121 cm³/mol. The van der Waals surface area contributed by atoms with Gasteiger partial charge in [-0.15, -0.1) is 0 Å². The molecule has 4 rings (SSSR count). The van der Waals surface area contributed by atoms with Gasteiger partial charge in [0.1, 0.15) is 11.6 Å². The maximum Gasteiger partial charge on any atom is 0.271 e. The van der Waals surface area contributed by atoms with Gasteiger partial charge in [-0.3, -0.25) is 4.79 Å². The van der Waals surface area contributed by atoms with Gasteiger partial charge < -0.3 is 9.72 Å². The fourth-order valence-electron chi connectivity index (χ4n) is 3.02. The highest BCUT2D eigenvalue weighted by Gasteiger charge is 2.11. The van der Waals surface area contributed by atoms with Crippen LogP contribution in [-0.4, -0.2) is 28.7 Å². The van der Waals surface area contributed by atoms with Crippen LogP contribution in [0.4, 0.5) is 0 Å². The molecular formula is C23H19BrN4O2. The summed E-state index contributed by atoms with van der Waals surface area (Å²) in [6.45, 7) is 0. The summed E-state index contributed by atoms with van der Waals surface area (Å²) >= 11 is 3.45. The number of aromatic nitrogens is 2. The number of hydrazone groups is 1. The molecule has 4 aromatic rings. The molecule has 0 bridgehead atoms. The number of H-pyrrole nitrogens is 1. The molecule has 0 spiro atoms. The number of nitrogens with zero attached hydrogens (tertiary/aromatic N) is 2. The summed E-state index contributed by atoms with van der Waals surface area (Å²) in [4.78, 5) is 20.5. The summed E-state index contributed by atoms with van der Waals surface area (Å²) in [5.74, 6) is 1.17. The van der Waals surface area contributed by atoms with E-state index in [1.54, 1.807) is 31.4 Å². The first-order valence-corrected chi connectivity index (χ1v) is 10.1. The van der Waals surface area contributed by atoms with Gasteiger partial charge in [-0.05, 0) is 54.1 Å². The highest BCUT2D eigenvalue weighted by Crippen LogP contribution is 2.16. The van der Waals surface area contributed by atoms with Crippen LogP contribution < -0.4 is 10.2 Å². The number of hydrogen-bond donors (Lipinski definition) is 2.